The second kappa shape index (κ2) is 6.90. The minimum Gasteiger partial charge on any atom is -0.481 e. The second-order valence-electron chi connectivity index (χ2n) is 7.10. The first-order valence-electron chi connectivity index (χ1n) is 8.58. The third-order valence-electron chi connectivity index (χ3n) is 5.37. The van der Waals surface area contributed by atoms with Crippen molar-refractivity contribution in [3.05, 3.63) is 35.9 Å². The molecular weight excluding hydrogens is 349 g/mol. The fraction of sp³-hybridized carbons (Fsp3) is 0.556. The van der Waals surface area contributed by atoms with Crippen LogP contribution >= 0.6 is 0 Å². The van der Waals surface area contributed by atoms with Crippen LogP contribution in [0.15, 0.2) is 30.3 Å². The molecular formula is C18H21F3N2O3. The smallest absolute Gasteiger partial charge is 0.404 e. The van der Waals surface area contributed by atoms with E-state index in [1.165, 1.54) is 0 Å². The molecule has 8 heteroatoms. The molecule has 2 aliphatic heterocycles. The zero-order chi connectivity index (χ0) is 18.9. The number of likely N-dealkylation sites (tertiary alicyclic amines) is 2. The first kappa shape index (κ1) is 18.7. The van der Waals surface area contributed by atoms with Crippen LogP contribution in [-0.4, -0.2) is 59.1 Å². The summed E-state index contributed by atoms with van der Waals surface area (Å²) in [6.45, 7) is 0.0511. The van der Waals surface area contributed by atoms with Gasteiger partial charge in [0.25, 0.3) is 0 Å². The van der Waals surface area contributed by atoms with Crippen molar-refractivity contribution in [2.45, 2.75) is 25.6 Å². The molecule has 2 heterocycles. The zero-order valence-corrected chi connectivity index (χ0v) is 14.2. The summed E-state index contributed by atoms with van der Waals surface area (Å²) in [5.74, 6) is -2.84. The van der Waals surface area contributed by atoms with Crippen molar-refractivity contribution >= 4 is 11.9 Å². The average molecular weight is 370 g/mol. The summed E-state index contributed by atoms with van der Waals surface area (Å²) < 4.78 is 41.7. The van der Waals surface area contributed by atoms with Crippen molar-refractivity contribution in [1.29, 1.82) is 0 Å². The lowest BCUT2D eigenvalue weighted by molar-refractivity contribution is -0.223. The summed E-state index contributed by atoms with van der Waals surface area (Å²) >= 11 is 0. The first-order valence-corrected chi connectivity index (χ1v) is 8.58. The Kier molecular flexibility index (Phi) is 4.96. The molecule has 142 valence electrons. The highest BCUT2D eigenvalue weighted by atomic mass is 19.4. The highest BCUT2D eigenvalue weighted by Crippen LogP contribution is 2.47. The molecule has 0 aromatic heterocycles. The Hall–Kier alpha value is -2.09. The molecule has 0 saturated carbocycles. The summed E-state index contributed by atoms with van der Waals surface area (Å²) in [5.41, 5.74) is -1.56. The number of nitrogens with zero attached hydrogens (tertiary/aromatic N) is 2. The third-order valence-corrected chi connectivity index (χ3v) is 5.37. The fourth-order valence-electron chi connectivity index (χ4n) is 3.84. The number of carboxylic acid groups (broad SMARTS) is 1. The standard InChI is InChI=1S/C18H21F3N2O3/c19-18(20,21)17(16(26)23-8-6-14(11-23)15(24)25)7-9-22(12-17)10-13-4-2-1-3-5-13/h1-5,14H,6-12H2,(H,24,25)/t14-,17+/m1/s1. The van der Waals surface area contributed by atoms with Gasteiger partial charge in [0.1, 0.15) is 0 Å². The van der Waals surface area contributed by atoms with Crippen LogP contribution in [0.5, 0.6) is 0 Å². The van der Waals surface area contributed by atoms with Gasteiger partial charge >= 0.3 is 12.1 Å². The van der Waals surface area contributed by atoms with E-state index in [0.29, 0.717) is 6.54 Å². The fourth-order valence-corrected chi connectivity index (χ4v) is 3.84. The predicted octanol–water partition coefficient (Wildman–Crippen LogP) is 2.37. The summed E-state index contributed by atoms with van der Waals surface area (Å²) in [4.78, 5) is 26.5. The molecule has 0 aliphatic carbocycles. The normalized spacial score (nSPS) is 27.0. The first-order chi connectivity index (χ1) is 12.2. The van der Waals surface area contributed by atoms with Crippen molar-refractivity contribution in [2.75, 3.05) is 26.2 Å². The number of carbonyl (C=O) groups excluding carboxylic acids is 1. The number of carbonyl (C=O) groups is 2. The number of hydrogen-bond acceptors (Lipinski definition) is 3. The van der Waals surface area contributed by atoms with Crippen LogP contribution in [0.25, 0.3) is 0 Å². The Labute approximate surface area is 149 Å². The Morgan fingerprint density at radius 3 is 2.46 bits per heavy atom. The van der Waals surface area contributed by atoms with Gasteiger partial charge in [0, 0.05) is 26.2 Å². The van der Waals surface area contributed by atoms with Crippen LogP contribution in [0.4, 0.5) is 13.2 Å². The molecule has 3 rings (SSSR count). The number of alkyl halides is 3. The largest absolute Gasteiger partial charge is 0.481 e. The number of carboxylic acids is 1. The van der Waals surface area contributed by atoms with Crippen LogP contribution in [0.1, 0.15) is 18.4 Å². The molecule has 2 fully saturated rings. The van der Waals surface area contributed by atoms with Crippen molar-refractivity contribution in [1.82, 2.24) is 9.80 Å². The molecule has 0 bridgehead atoms. The van der Waals surface area contributed by atoms with Crippen LogP contribution in [0.2, 0.25) is 0 Å². The van der Waals surface area contributed by atoms with E-state index in [1.54, 1.807) is 4.90 Å². The minimum atomic E-state index is -4.67. The molecule has 2 saturated heterocycles. The van der Waals surface area contributed by atoms with E-state index in [9.17, 15) is 22.8 Å². The van der Waals surface area contributed by atoms with Crippen molar-refractivity contribution in [3.8, 4) is 0 Å². The van der Waals surface area contributed by atoms with Crippen molar-refractivity contribution < 1.29 is 27.9 Å². The average Bonchev–Trinajstić information content (AvgIpc) is 3.22. The zero-order valence-electron chi connectivity index (χ0n) is 14.2. The van der Waals surface area contributed by atoms with Gasteiger partial charge in [-0.05, 0) is 24.9 Å². The highest BCUT2D eigenvalue weighted by Gasteiger charge is 2.64. The van der Waals surface area contributed by atoms with Crippen LogP contribution < -0.4 is 0 Å². The molecule has 1 aromatic carbocycles. The number of benzene rings is 1. The van der Waals surface area contributed by atoms with E-state index in [2.05, 4.69) is 0 Å². The Morgan fingerprint density at radius 1 is 1.19 bits per heavy atom. The van der Waals surface area contributed by atoms with Gasteiger partial charge in [-0.15, -0.1) is 0 Å². The molecule has 1 N–H and O–H groups in total. The van der Waals surface area contributed by atoms with E-state index in [-0.39, 0.29) is 32.5 Å². The van der Waals surface area contributed by atoms with Gasteiger partial charge in [0.05, 0.1) is 5.92 Å². The summed E-state index contributed by atoms with van der Waals surface area (Å²) in [7, 11) is 0. The Morgan fingerprint density at radius 2 is 1.88 bits per heavy atom. The maximum atomic E-state index is 13.9. The lowest BCUT2D eigenvalue weighted by Crippen LogP contribution is -2.53. The Bertz CT molecular complexity index is 680. The molecule has 0 radical (unpaired) electrons. The molecule has 0 unspecified atom stereocenters. The van der Waals surface area contributed by atoms with Gasteiger partial charge in [-0.3, -0.25) is 14.5 Å². The van der Waals surface area contributed by atoms with Gasteiger partial charge in [0.15, 0.2) is 5.41 Å². The molecule has 1 aromatic rings. The Balaban J connectivity index is 1.76. The second-order valence-corrected chi connectivity index (χ2v) is 7.10. The van der Waals surface area contributed by atoms with Crippen LogP contribution in [-0.2, 0) is 16.1 Å². The van der Waals surface area contributed by atoms with Crippen molar-refractivity contribution in [3.63, 3.8) is 0 Å². The van der Waals surface area contributed by atoms with Gasteiger partial charge in [-0.1, -0.05) is 30.3 Å². The van der Waals surface area contributed by atoms with E-state index < -0.39 is 35.9 Å². The molecule has 5 nitrogen and oxygen atoms in total. The topological polar surface area (TPSA) is 60.9 Å². The number of aliphatic carboxylic acids is 1. The quantitative estimate of drug-likeness (QED) is 0.884. The summed E-state index contributed by atoms with van der Waals surface area (Å²) in [6, 6.07) is 9.16. The maximum Gasteiger partial charge on any atom is 0.404 e. The number of halogens is 3. The van der Waals surface area contributed by atoms with Gasteiger partial charge in [-0.2, -0.15) is 13.2 Å². The molecule has 1 amide bonds. The van der Waals surface area contributed by atoms with Crippen molar-refractivity contribution in [2.24, 2.45) is 11.3 Å². The van der Waals surface area contributed by atoms with Crippen LogP contribution in [0.3, 0.4) is 0 Å². The molecule has 0 spiro atoms. The van der Waals surface area contributed by atoms with Gasteiger partial charge in [-0.25, -0.2) is 0 Å². The van der Waals surface area contributed by atoms with Gasteiger partial charge in [0.2, 0.25) is 5.91 Å². The molecule has 2 aliphatic rings. The number of hydrogen-bond donors (Lipinski definition) is 1. The van der Waals surface area contributed by atoms with E-state index >= 15 is 0 Å². The maximum absolute atomic E-state index is 13.9. The third kappa shape index (κ3) is 3.42. The predicted molar refractivity (Wildman–Crippen MR) is 87.1 cm³/mol. The molecule has 2 atom stereocenters. The highest BCUT2D eigenvalue weighted by molar-refractivity contribution is 5.85. The SMILES string of the molecule is O=C(O)[C@@H]1CCN(C(=O)[C@]2(C(F)(F)F)CCN(Cc3ccccc3)C2)C1. The number of amides is 1. The summed E-state index contributed by atoms with van der Waals surface area (Å²) in [6.07, 6.45) is -4.77. The van der Waals surface area contributed by atoms with Gasteiger partial charge < -0.3 is 10.0 Å². The monoisotopic (exact) mass is 370 g/mol. The van der Waals surface area contributed by atoms with Crippen LogP contribution in [0, 0.1) is 11.3 Å². The number of rotatable bonds is 4. The lowest BCUT2D eigenvalue weighted by Gasteiger charge is -2.34. The lowest BCUT2D eigenvalue weighted by atomic mass is 9.84. The van der Waals surface area contributed by atoms with E-state index in [0.717, 1.165) is 10.5 Å². The summed E-state index contributed by atoms with van der Waals surface area (Å²) in [5, 5.41) is 9.04. The van der Waals surface area contributed by atoms with E-state index in [4.69, 9.17) is 5.11 Å². The minimum absolute atomic E-state index is 0.0618. The molecule has 26 heavy (non-hydrogen) atoms. The van der Waals surface area contributed by atoms with E-state index in [1.807, 2.05) is 30.3 Å².